The third-order valence-electron chi connectivity index (χ3n) is 5.20. The molecule has 1 aromatic carbocycles. The average Bonchev–Trinajstić information content (AvgIpc) is 2.73. The van der Waals surface area contributed by atoms with E-state index in [1.165, 1.54) is 16.8 Å². The number of aromatic nitrogens is 3. The van der Waals surface area contributed by atoms with Gasteiger partial charge in [-0.15, -0.1) is 0 Å². The Labute approximate surface area is 172 Å². The molecule has 0 bridgehead atoms. The van der Waals surface area contributed by atoms with Gasteiger partial charge in [-0.3, -0.25) is 9.88 Å². The van der Waals surface area contributed by atoms with Crippen molar-refractivity contribution in [2.75, 3.05) is 6.54 Å². The molecule has 2 aromatic heterocycles. The van der Waals surface area contributed by atoms with Gasteiger partial charge >= 0.3 is 0 Å². The van der Waals surface area contributed by atoms with Gasteiger partial charge in [0.15, 0.2) is 0 Å². The van der Waals surface area contributed by atoms with Crippen LogP contribution in [0.3, 0.4) is 0 Å². The molecule has 0 spiro atoms. The van der Waals surface area contributed by atoms with Crippen molar-refractivity contribution in [2.45, 2.75) is 45.7 Å². The van der Waals surface area contributed by atoms with Crippen molar-refractivity contribution in [1.82, 2.24) is 19.9 Å². The second-order valence-electron chi connectivity index (χ2n) is 8.62. The Bertz CT molecular complexity index is 1060. The minimum atomic E-state index is -0.0215. The number of fused-ring (bicyclic) bond motifs is 1. The third kappa shape index (κ3) is 4.33. The van der Waals surface area contributed by atoms with E-state index in [4.69, 9.17) is 10.2 Å². The lowest BCUT2D eigenvalue weighted by Gasteiger charge is -2.29. The molecule has 0 amide bonds. The fourth-order valence-electron chi connectivity index (χ4n) is 3.57. The lowest BCUT2D eigenvalue weighted by molar-refractivity contribution is 0.242. The number of nitrogens with zero attached hydrogens (tertiary/aromatic N) is 5. The summed E-state index contributed by atoms with van der Waals surface area (Å²) in [5.41, 5.74) is 6.08. The van der Waals surface area contributed by atoms with Gasteiger partial charge in [0.1, 0.15) is 5.82 Å². The maximum Gasteiger partial charge on any atom is 0.133 e. The molecule has 146 valence electrons. The van der Waals surface area contributed by atoms with E-state index < -0.39 is 0 Å². The zero-order valence-corrected chi connectivity index (χ0v) is 17.2. The van der Waals surface area contributed by atoms with Gasteiger partial charge in [0.25, 0.3) is 0 Å². The van der Waals surface area contributed by atoms with Gasteiger partial charge in [0, 0.05) is 60.7 Å². The predicted octanol–water partition coefficient (Wildman–Crippen LogP) is 4.27. The van der Waals surface area contributed by atoms with E-state index in [2.05, 4.69) is 47.8 Å². The highest BCUT2D eigenvalue weighted by Gasteiger charge is 2.22. The summed E-state index contributed by atoms with van der Waals surface area (Å²) in [4.78, 5) is 16.4. The van der Waals surface area contributed by atoms with Crippen molar-refractivity contribution in [2.24, 2.45) is 0 Å². The monoisotopic (exact) mass is 383 g/mol. The third-order valence-corrected chi connectivity index (χ3v) is 5.20. The lowest BCUT2D eigenvalue weighted by atomic mass is 9.95. The normalized spacial score (nSPS) is 14.3. The van der Waals surface area contributed by atoms with Crippen LogP contribution in [0, 0.1) is 11.3 Å². The van der Waals surface area contributed by atoms with Gasteiger partial charge in [-0.05, 0) is 23.8 Å². The van der Waals surface area contributed by atoms with Crippen molar-refractivity contribution < 1.29 is 0 Å². The van der Waals surface area contributed by atoms with Gasteiger partial charge in [0.05, 0.1) is 17.3 Å². The molecular weight excluding hydrogens is 358 g/mol. The first kappa shape index (κ1) is 19.2. The molecule has 5 nitrogen and oxygen atoms in total. The molecule has 1 aliphatic heterocycles. The van der Waals surface area contributed by atoms with Crippen LogP contribution in [-0.4, -0.2) is 26.4 Å². The number of pyridine rings is 1. The molecular formula is C24H25N5. The highest BCUT2D eigenvalue weighted by molar-refractivity contribution is 5.61. The lowest BCUT2D eigenvalue weighted by Crippen LogP contribution is -2.32. The summed E-state index contributed by atoms with van der Waals surface area (Å²) in [5, 5.41) is 9.08. The number of rotatable bonds is 3. The van der Waals surface area contributed by atoms with Gasteiger partial charge < -0.3 is 0 Å². The molecule has 29 heavy (non-hydrogen) atoms. The van der Waals surface area contributed by atoms with E-state index in [9.17, 15) is 0 Å². The first-order chi connectivity index (χ1) is 13.9. The number of hydrogen-bond donors (Lipinski definition) is 0. The summed E-state index contributed by atoms with van der Waals surface area (Å²) in [6.07, 6.45) is 4.88. The summed E-state index contributed by atoms with van der Waals surface area (Å²) in [6.45, 7) is 9.16. The van der Waals surface area contributed by atoms with Crippen molar-refractivity contribution in [3.63, 3.8) is 0 Å². The van der Waals surface area contributed by atoms with Crippen LogP contribution in [0.5, 0.6) is 0 Å². The fraction of sp³-hybridized carbons (Fsp3) is 0.333. The molecule has 3 heterocycles. The van der Waals surface area contributed by atoms with E-state index in [0.717, 1.165) is 43.1 Å². The van der Waals surface area contributed by atoms with Crippen LogP contribution in [0.4, 0.5) is 0 Å². The maximum atomic E-state index is 9.08. The molecule has 5 heteroatoms. The van der Waals surface area contributed by atoms with E-state index in [0.29, 0.717) is 5.56 Å². The van der Waals surface area contributed by atoms with Gasteiger partial charge in [-0.2, -0.15) is 5.26 Å². The number of nitriles is 1. The first-order valence-corrected chi connectivity index (χ1v) is 9.95. The summed E-state index contributed by atoms with van der Waals surface area (Å²) in [5.74, 6) is 0.921. The minimum Gasteiger partial charge on any atom is -0.294 e. The van der Waals surface area contributed by atoms with E-state index in [1.54, 1.807) is 6.07 Å². The molecule has 0 N–H and O–H groups in total. The van der Waals surface area contributed by atoms with Gasteiger partial charge in [-0.25, -0.2) is 9.97 Å². The van der Waals surface area contributed by atoms with Gasteiger partial charge in [-0.1, -0.05) is 39.0 Å². The maximum absolute atomic E-state index is 9.08. The molecule has 0 radical (unpaired) electrons. The number of hydrogen-bond acceptors (Lipinski definition) is 5. The second-order valence-corrected chi connectivity index (χ2v) is 8.62. The van der Waals surface area contributed by atoms with Crippen molar-refractivity contribution in [3.8, 4) is 17.3 Å². The Kier molecular flexibility index (Phi) is 5.12. The smallest absolute Gasteiger partial charge is 0.133 e. The molecule has 0 saturated heterocycles. The van der Waals surface area contributed by atoms with E-state index in [-0.39, 0.29) is 5.41 Å². The quantitative estimate of drug-likeness (QED) is 0.676. The van der Waals surface area contributed by atoms with Crippen LogP contribution in [0.1, 0.15) is 49.0 Å². The molecule has 0 saturated carbocycles. The summed E-state index contributed by atoms with van der Waals surface area (Å²) in [7, 11) is 0. The molecule has 1 aliphatic rings. The molecule has 0 atom stereocenters. The summed E-state index contributed by atoms with van der Waals surface area (Å²) in [6, 6.07) is 13.9. The highest BCUT2D eigenvalue weighted by atomic mass is 15.1. The molecule has 0 fully saturated rings. The Morgan fingerprint density at radius 1 is 1.10 bits per heavy atom. The Balaban J connectivity index is 1.45. The SMILES string of the molecule is CC(C)(C)c1ncc2c(n1)CCN(Cc1ccc(-c3cccc(C#N)c3)nc1)C2. The first-order valence-electron chi connectivity index (χ1n) is 9.95. The predicted molar refractivity (Wildman–Crippen MR) is 113 cm³/mol. The Morgan fingerprint density at radius 3 is 2.69 bits per heavy atom. The standard InChI is InChI=1S/C24H25N5/c1-24(2,3)23-27-14-20-16-29(10-9-22(20)28-23)15-18-7-8-21(26-13-18)19-6-4-5-17(11-19)12-25/h4-8,11,13-14H,9-10,15-16H2,1-3H3. The van der Waals surface area contributed by atoms with E-state index in [1.807, 2.05) is 36.7 Å². The minimum absolute atomic E-state index is 0.0215. The Morgan fingerprint density at radius 2 is 1.97 bits per heavy atom. The van der Waals surface area contributed by atoms with Crippen LogP contribution in [-0.2, 0) is 24.9 Å². The van der Waals surface area contributed by atoms with E-state index >= 15 is 0 Å². The largest absolute Gasteiger partial charge is 0.294 e. The van der Waals surface area contributed by atoms with Crippen LogP contribution >= 0.6 is 0 Å². The zero-order chi connectivity index (χ0) is 20.4. The average molecular weight is 383 g/mol. The Hall–Kier alpha value is -3.10. The second kappa shape index (κ2) is 7.73. The fourth-order valence-corrected chi connectivity index (χ4v) is 3.57. The van der Waals surface area contributed by atoms with Crippen LogP contribution in [0.25, 0.3) is 11.3 Å². The van der Waals surface area contributed by atoms with Crippen LogP contribution in [0.2, 0.25) is 0 Å². The van der Waals surface area contributed by atoms with Crippen molar-refractivity contribution in [3.05, 3.63) is 77.0 Å². The van der Waals surface area contributed by atoms with Crippen LogP contribution in [0.15, 0.2) is 48.8 Å². The molecule has 0 unspecified atom stereocenters. The van der Waals surface area contributed by atoms with Gasteiger partial charge in [0.2, 0.25) is 0 Å². The summed E-state index contributed by atoms with van der Waals surface area (Å²) >= 11 is 0. The molecule has 4 rings (SSSR count). The number of benzene rings is 1. The highest BCUT2D eigenvalue weighted by Crippen LogP contribution is 2.24. The zero-order valence-electron chi connectivity index (χ0n) is 17.2. The molecule has 3 aromatic rings. The molecule has 0 aliphatic carbocycles. The van der Waals surface area contributed by atoms with Crippen molar-refractivity contribution in [1.29, 1.82) is 5.26 Å². The van der Waals surface area contributed by atoms with Crippen LogP contribution < -0.4 is 0 Å². The summed E-state index contributed by atoms with van der Waals surface area (Å²) < 4.78 is 0. The van der Waals surface area contributed by atoms with Crippen molar-refractivity contribution >= 4 is 0 Å². The topological polar surface area (TPSA) is 65.7 Å².